The van der Waals surface area contributed by atoms with E-state index in [1.54, 1.807) is 0 Å². The lowest BCUT2D eigenvalue weighted by atomic mass is 10.1. The number of nitrogen functional groups attached to an aromatic ring is 1. The van der Waals surface area contributed by atoms with Gasteiger partial charge in [0.1, 0.15) is 0 Å². The van der Waals surface area contributed by atoms with Gasteiger partial charge in [-0.1, -0.05) is 18.2 Å². The van der Waals surface area contributed by atoms with Crippen LogP contribution >= 0.6 is 0 Å². The predicted molar refractivity (Wildman–Crippen MR) is 70.1 cm³/mol. The van der Waals surface area contributed by atoms with E-state index in [9.17, 15) is 4.79 Å². The van der Waals surface area contributed by atoms with Crippen molar-refractivity contribution in [1.29, 1.82) is 0 Å². The van der Waals surface area contributed by atoms with Gasteiger partial charge in [0.05, 0.1) is 19.8 Å². The molecule has 4 N–H and O–H groups in total. The molecule has 5 nitrogen and oxygen atoms in total. The number of nitrogens with one attached hydrogen (secondary N) is 1. The molecule has 0 fully saturated rings. The first-order chi connectivity index (χ1) is 8.74. The van der Waals surface area contributed by atoms with Gasteiger partial charge in [-0.3, -0.25) is 4.79 Å². The number of aryl methyl sites for hydroxylation is 1. The van der Waals surface area contributed by atoms with Crippen LogP contribution in [0.3, 0.4) is 0 Å². The molecule has 0 bridgehead atoms. The molecule has 0 aliphatic carbocycles. The Kier molecular flexibility index (Phi) is 6.83. The largest absolute Gasteiger partial charge is 0.399 e. The van der Waals surface area contributed by atoms with Crippen LogP contribution in [0.25, 0.3) is 0 Å². The molecule has 1 rings (SSSR count). The van der Waals surface area contributed by atoms with Crippen molar-refractivity contribution in [1.82, 2.24) is 5.32 Å². The number of hydrogen-bond donors (Lipinski definition) is 3. The topological polar surface area (TPSA) is 84.6 Å². The maximum absolute atomic E-state index is 11.5. The molecule has 0 saturated carbocycles. The smallest absolute Gasteiger partial charge is 0.220 e. The molecule has 0 heterocycles. The summed E-state index contributed by atoms with van der Waals surface area (Å²) in [5, 5.41) is 11.2. The fourth-order valence-electron chi connectivity index (χ4n) is 1.53. The first kappa shape index (κ1) is 14.5. The summed E-state index contributed by atoms with van der Waals surface area (Å²) >= 11 is 0. The normalized spacial score (nSPS) is 10.3. The third-order valence-electron chi connectivity index (χ3n) is 2.48. The first-order valence-corrected chi connectivity index (χ1v) is 6.02. The van der Waals surface area contributed by atoms with Gasteiger partial charge >= 0.3 is 0 Å². The summed E-state index contributed by atoms with van der Waals surface area (Å²) in [5.41, 5.74) is 7.50. The molecule has 0 aromatic heterocycles. The van der Waals surface area contributed by atoms with E-state index in [4.69, 9.17) is 15.6 Å². The Hall–Kier alpha value is -1.59. The first-order valence-electron chi connectivity index (χ1n) is 6.02. The number of carbonyl (C=O) groups excluding carboxylic acids is 1. The Bertz CT molecular complexity index is 369. The summed E-state index contributed by atoms with van der Waals surface area (Å²) in [5.74, 6) is -0.0224. The molecular weight excluding hydrogens is 232 g/mol. The van der Waals surface area contributed by atoms with Gasteiger partial charge in [0, 0.05) is 18.7 Å². The monoisotopic (exact) mass is 252 g/mol. The zero-order valence-electron chi connectivity index (χ0n) is 10.4. The summed E-state index contributed by atoms with van der Waals surface area (Å²) in [6.07, 6.45) is 1.05. The summed E-state index contributed by atoms with van der Waals surface area (Å²) in [6.45, 7) is 1.18. The van der Waals surface area contributed by atoms with Crippen molar-refractivity contribution in [2.75, 3.05) is 32.1 Å². The number of aliphatic hydroxyl groups excluding tert-OH is 1. The van der Waals surface area contributed by atoms with E-state index >= 15 is 0 Å². The van der Waals surface area contributed by atoms with Crippen molar-refractivity contribution >= 4 is 11.6 Å². The van der Waals surface area contributed by atoms with Crippen LogP contribution in [0.2, 0.25) is 0 Å². The molecule has 0 aliphatic rings. The summed E-state index contributed by atoms with van der Waals surface area (Å²) in [7, 11) is 0. The minimum atomic E-state index is -0.0224. The van der Waals surface area contributed by atoms with Crippen molar-refractivity contribution in [3.05, 3.63) is 29.8 Å². The highest BCUT2D eigenvalue weighted by molar-refractivity contribution is 5.76. The minimum Gasteiger partial charge on any atom is -0.399 e. The van der Waals surface area contributed by atoms with Crippen LogP contribution in [0.4, 0.5) is 5.69 Å². The van der Waals surface area contributed by atoms with E-state index in [1.807, 2.05) is 24.3 Å². The second-order valence-electron chi connectivity index (χ2n) is 3.88. The van der Waals surface area contributed by atoms with Gasteiger partial charge < -0.3 is 20.9 Å². The molecule has 1 amide bonds. The standard InChI is InChI=1S/C13H20N2O3/c14-12-4-2-1-3-11(12)5-6-13(17)15-7-9-18-10-8-16/h1-4,16H,5-10,14H2,(H,15,17). The molecule has 0 aliphatic heterocycles. The number of benzene rings is 1. The fourth-order valence-corrected chi connectivity index (χ4v) is 1.53. The van der Waals surface area contributed by atoms with Gasteiger partial charge in [0.25, 0.3) is 0 Å². The number of rotatable bonds is 8. The van der Waals surface area contributed by atoms with Crippen molar-refractivity contribution in [2.24, 2.45) is 0 Å². The highest BCUT2D eigenvalue weighted by Gasteiger charge is 2.03. The second kappa shape index (κ2) is 8.49. The fraction of sp³-hybridized carbons (Fsp3) is 0.462. The van der Waals surface area contributed by atoms with Crippen LogP contribution in [0.5, 0.6) is 0 Å². The van der Waals surface area contributed by atoms with Gasteiger partial charge in [-0.15, -0.1) is 0 Å². The zero-order valence-corrected chi connectivity index (χ0v) is 10.4. The minimum absolute atomic E-state index is 0.00122. The van der Waals surface area contributed by atoms with Gasteiger partial charge in [0.15, 0.2) is 0 Å². The number of anilines is 1. The SMILES string of the molecule is Nc1ccccc1CCC(=O)NCCOCCO. The second-order valence-corrected chi connectivity index (χ2v) is 3.88. The van der Waals surface area contributed by atoms with Crippen LogP contribution < -0.4 is 11.1 Å². The molecule has 1 aromatic rings. The van der Waals surface area contributed by atoms with Crippen molar-refractivity contribution < 1.29 is 14.6 Å². The third kappa shape index (κ3) is 5.65. The summed E-state index contributed by atoms with van der Waals surface area (Å²) < 4.78 is 5.03. The molecule has 0 saturated heterocycles. The van der Waals surface area contributed by atoms with Crippen LogP contribution in [-0.2, 0) is 16.0 Å². The number of carbonyl (C=O) groups is 1. The van der Waals surface area contributed by atoms with Crippen molar-refractivity contribution in [3.63, 3.8) is 0 Å². The number of nitrogens with two attached hydrogens (primary N) is 1. The van der Waals surface area contributed by atoms with E-state index in [1.165, 1.54) is 0 Å². The number of amides is 1. The molecule has 18 heavy (non-hydrogen) atoms. The number of para-hydroxylation sites is 1. The Labute approximate surface area is 107 Å². The highest BCUT2D eigenvalue weighted by atomic mass is 16.5. The van der Waals surface area contributed by atoms with Crippen LogP contribution in [0.1, 0.15) is 12.0 Å². The van der Waals surface area contributed by atoms with Crippen LogP contribution in [-0.4, -0.2) is 37.4 Å². The zero-order chi connectivity index (χ0) is 13.2. The molecule has 0 spiro atoms. The van der Waals surface area contributed by atoms with E-state index in [0.717, 1.165) is 11.3 Å². The average Bonchev–Trinajstić information content (AvgIpc) is 2.37. The maximum Gasteiger partial charge on any atom is 0.220 e. The summed E-state index contributed by atoms with van der Waals surface area (Å²) in [6, 6.07) is 7.53. The van der Waals surface area contributed by atoms with E-state index in [2.05, 4.69) is 5.32 Å². The molecule has 1 aromatic carbocycles. The Morgan fingerprint density at radius 2 is 2.11 bits per heavy atom. The highest BCUT2D eigenvalue weighted by Crippen LogP contribution is 2.12. The van der Waals surface area contributed by atoms with Crippen LogP contribution in [0.15, 0.2) is 24.3 Å². The molecule has 0 unspecified atom stereocenters. The maximum atomic E-state index is 11.5. The molecular formula is C13H20N2O3. The number of aliphatic hydroxyl groups is 1. The van der Waals surface area contributed by atoms with E-state index in [-0.39, 0.29) is 12.5 Å². The summed E-state index contributed by atoms with van der Waals surface area (Å²) in [4.78, 5) is 11.5. The molecule has 0 atom stereocenters. The average molecular weight is 252 g/mol. The van der Waals surface area contributed by atoms with Gasteiger partial charge in [-0.2, -0.15) is 0 Å². The Morgan fingerprint density at radius 3 is 2.83 bits per heavy atom. The Balaban J connectivity index is 2.15. The lowest BCUT2D eigenvalue weighted by Gasteiger charge is -2.07. The molecule has 100 valence electrons. The van der Waals surface area contributed by atoms with E-state index < -0.39 is 0 Å². The van der Waals surface area contributed by atoms with Gasteiger partial charge in [-0.25, -0.2) is 0 Å². The lowest BCUT2D eigenvalue weighted by Crippen LogP contribution is -2.27. The lowest BCUT2D eigenvalue weighted by molar-refractivity contribution is -0.121. The van der Waals surface area contributed by atoms with Gasteiger partial charge in [-0.05, 0) is 18.1 Å². The number of hydrogen-bond acceptors (Lipinski definition) is 4. The van der Waals surface area contributed by atoms with Crippen LogP contribution in [0, 0.1) is 0 Å². The third-order valence-corrected chi connectivity index (χ3v) is 2.48. The predicted octanol–water partition coefficient (Wildman–Crippen LogP) is 0.326. The van der Waals surface area contributed by atoms with Crippen molar-refractivity contribution in [3.8, 4) is 0 Å². The Morgan fingerprint density at radius 1 is 1.33 bits per heavy atom. The van der Waals surface area contributed by atoms with E-state index in [0.29, 0.717) is 32.6 Å². The quantitative estimate of drug-likeness (QED) is 0.460. The van der Waals surface area contributed by atoms with Crippen molar-refractivity contribution in [2.45, 2.75) is 12.8 Å². The number of ether oxygens (including phenoxy) is 1. The van der Waals surface area contributed by atoms with Gasteiger partial charge in [0.2, 0.25) is 5.91 Å². The molecule has 5 heteroatoms. The molecule has 0 radical (unpaired) electrons.